The molecule has 2 aliphatic heterocycles. The number of benzene rings is 3. The number of hydrogen-bond acceptors (Lipinski definition) is 6. The van der Waals surface area contributed by atoms with Crippen molar-refractivity contribution in [3.05, 3.63) is 134 Å². The Morgan fingerprint density at radius 1 is 0.855 bits per heavy atom. The van der Waals surface area contributed by atoms with Crippen molar-refractivity contribution in [2.75, 3.05) is 50.0 Å². The summed E-state index contributed by atoms with van der Waals surface area (Å²) in [5.41, 5.74) is 9.59. The topological polar surface area (TPSA) is 73.1 Å². The highest BCUT2D eigenvalue weighted by Gasteiger charge is 2.44. The number of aliphatic carboxylic acids is 1. The van der Waals surface area contributed by atoms with Gasteiger partial charge in [0.25, 0.3) is 0 Å². The first-order valence-corrected chi connectivity index (χ1v) is 26.6. The SMILES string of the molecule is C#CCN(CCCOc1ccc(Cl)cc1Cl)CCCSC(=O)CCCCCN1/C(=C\C=C2/CCCC(/C=C/C3=[N+](CCCCCC(=O)O)c4ccccc4C3(C)C)=C2Cl)C(C)(C)c2ccccc21.[Br-]. The second-order valence-electron chi connectivity index (χ2n) is 19.1. The lowest BCUT2D eigenvalue weighted by molar-refractivity contribution is -0.438. The number of allylic oxidation sites excluding steroid dienone is 8. The number of carboxylic acid groups (broad SMARTS) is 1. The molecule has 3 aromatic rings. The van der Waals surface area contributed by atoms with E-state index in [1.807, 2.05) is 0 Å². The standard InChI is InChI=1S/C57H68Cl3N3O4S.BrH/c1-6-34-61(35-18-39-67-50-31-30-44(58)41-47(50)59)36-19-40-68-54(66)27-10-8-16-38-63-49-25-14-12-23-46(49)57(4,5)52(63)33-29-43-21-17-20-42(55(43)60)28-32-51-56(2,3)45-22-11-13-24-48(45)62(51)37-15-7-9-26-53(64)65;/h1,11-14,22-25,28-33,41H,7-10,15-21,26-27,34-40H2,2-5H3;1H. The van der Waals surface area contributed by atoms with Crippen molar-refractivity contribution < 1.29 is 41.0 Å². The van der Waals surface area contributed by atoms with Gasteiger partial charge in [-0.15, -0.1) is 6.42 Å². The molecule has 0 fully saturated rings. The van der Waals surface area contributed by atoms with E-state index in [0.717, 1.165) is 112 Å². The number of hydrogen-bond donors (Lipinski definition) is 1. The molecule has 1 aliphatic carbocycles. The number of nitrogens with zero attached hydrogens (tertiary/aromatic N) is 3. The molecule has 69 heavy (non-hydrogen) atoms. The molecule has 7 nitrogen and oxygen atoms in total. The van der Waals surface area contributed by atoms with Crippen molar-refractivity contribution in [3.8, 4) is 18.1 Å². The predicted octanol–water partition coefficient (Wildman–Crippen LogP) is 11.5. The van der Waals surface area contributed by atoms with Crippen LogP contribution in [-0.4, -0.2) is 76.5 Å². The number of rotatable bonds is 25. The van der Waals surface area contributed by atoms with Crippen LogP contribution in [0.25, 0.3) is 0 Å². The lowest BCUT2D eigenvalue weighted by atomic mass is 9.81. The highest BCUT2D eigenvalue weighted by Crippen LogP contribution is 2.48. The zero-order valence-electron chi connectivity index (χ0n) is 40.8. The van der Waals surface area contributed by atoms with Gasteiger partial charge in [-0.1, -0.05) is 121 Å². The van der Waals surface area contributed by atoms with Crippen LogP contribution < -0.4 is 26.6 Å². The minimum Gasteiger partial charge on any atom is -1.00 e. The van der Waals surface area contributed by atoms with E-state index in [-0.39, 0.29) is 39.3 Å². The van der Waals surface area contributed by atoms with Crippen molar-refractivity contribution in [2.45, 2.75) is 122 Å². The maximum Gasteiger partial charge on any atom is 0.303 e. The highest BCUT2D eigenvalue weighted by atomic mass is 79.9. The number of fused-ring (bicyclic) bond motifs is 2. The quantitative estimate of drug-likeness (QED) is 0.0515. The van der Waals surface area contributed by atoms with Crippen molar-refractivity contribution in [1.82, 2.24) is 4.90 Å². The van der Waals surface area contributed by atoms with Gasteiger partial charge in [-0.3, -0.25) is 14.5 Å². The van der Waals surface area contributed by atoms with Gasteiger partial charge in [0, 0.05) is 82.7 Å². The number of para-hydroxylation sites is 2. The number of ether oxygens (including phenoxy) is 1. The fourth-order valence-electron chi connectivity index (χ4n) is 9.78. The van der Waals surface area contributed by atoms with Crippen LogP contribution >= 0.6 is 46.6 Å². The van der Waals surface area contributed by atoms with E-state index < -0.39 is 5.97 Å². The molecule has 0 aromatic heterocycles. The molecule has 0 amide bonds. The largest absolute Gasteiger partial charge is 1.00 e. The summed E-state index contributed by atoms with van der Waals surface area (Å²) in [6, 6.07) is 22.6. The molecule has 1 N–H and O–H groups in total. The Kier molecular flexibility index (Phi) is 22.1. The molecule has 3 aliphatic rings. The molecule has 0 unspecified atom stereocenters. The Morgan fingerprint density at radius 3 is 2.35 bits per heavy atom. The maximum absolute atomic E-state index is 12.9. The summed E-state index contributed by atoms with van der Waals surface area (Å²) in [5, 5.41) is 11.3. The molecule has 2 heterocycles. The minimum absolute atomic E-state index is 0. The summed E-state index contributed by atoms with van der Waals surface area (Å²) < 4.78 is 8.26. The average Bonchev–Trinajstić information content (AvgIpc) is 3.66. The average molecular weight is 1080 g/mol. The normalized spacial score (nSPS) is 17.2. The minimum atomic E-state index is -0.733. The van der Waals surface area contributed by atoms with Crippen LogP contribution in [0.4, 0.5) is 11.4 Å². The highest BCUT2D eigenvalue weighted by molar-refractivity contribution is 8.13. The first-order valence-electron chi connectivity index (χ1n) is 24.4. The molecule has 6 rings (SSSR count). The Balaban J connectivity index is 0.00000888. The van der Waals surface area contributed by atoms with Crippen LogP contribution in [-0.2, 0) is 20.4 Å². The first kappa shape index (κ1) is 56.2. The van der Waals surface area contributed by atoms with Crippen molar-refractivity contribution >= 4 is 74.7 Å². The van der Waals surface area contributed by atoms with Crippen LogP contribution in [0.15, 0.2) is 113 Å². The smallest absolute Gasteiger partial charge is 0.303 e. The van der Waals surface area contributed by atoms with Gasteiger partial charge in [0.05, 0.1) is 23.6 Å². The predicted molar refractivity (Wildman–Crippen MR) is 287 cm³/mol. The van der Waals surface area contributed by atoms with E-state index in [4.69, 9.17) is 51.1 Å². The van der Waals surface area contributed by atoms with Gasteiger partial charge in [-0.05, 0) is 125 Å². The molecular formula is C57H69BrCl3N3O4S. The van der Waals surface area contributed by atoms with E-state index in [2.05, 4.69) is 121 Å². The molecule has 0 atom stereocenters. The first-order chi connectivity index (χ1) is 32.7. The summed E-state index contributed by atoms with van der Waals surface area (Å²) >= 11 is 21.0. The second-order valence-corrected chi connectivity index (χ2v) is 21.5. The van der Waals surface area contributed by atoms with Gasteiger partial charge < -0.3 is 31.7 Å². The zero-order chi connectivity index (χ0) is 48.7. The number of thioether (sulfide) groups is 1. The molecule has 370 valence electrons. The molecule has 12 heteroatoms. The number of carbonyl (C=O) groups excluding carboxylic acids is 1. The van der Waals surface area contributed by atoms with Crippen LogP contribution in [0.5, 0.6) is 5.75 Å². The van der Waals surface area contributed by atoms with Crippen LogP contribution in [0, 0.1) is 12.3 Å². The Bertz CT molecular complexity index is 2470. The van der Waals surface area contributed by atoms with Crippen molar-refractivity contribution in [1.29, 1.82) is 0 Å². The lowest BCUT2D eigenvalue weighted by Crippen LogP contribution is -3.00. The van der Waals surface area contributed by atoms with Gasteiger partial charge in [-0.2, -0.15) is 4.58 Å². The summed E-state index contributed by atoms with van der Waals surface area (Å²) in [7, 11) is 0. The number of carbonyl (C=O) groups is 2. The number of terminal acetylenes is 1. The Hall–Kier alpha value is -3.75. The second kappa shape index (κ2) is 27.2. The summed E-state index contributed by atoms with van der Waals surface area (Å²) in [6.45, 7) is 13.7. The molecule has 0 radical (unpaired) electrons. The van der Waals surface area contributed by atoms with E-state index in [1.165, 1.54) is 45.7 Å². The van der Waals surface area contributed by atoms with E-state index >= 15 is 0 Å². The van der Waals surface area contributed by atoms with Crippen LogP contribution in [0.3, 0.4) is 0 Å². The van der Waals surface area contributed by atoms with Gasteiger partial charge >= 0.3 is 5.97 Å². The van der Waals surface area contributed by atoms with Gasteiger partial charge in [0.1, 0.15) is 12.3 Å². The molecule has 3 aromatic carbocycles. The van der Waals surface area contributed by atoms with E-state index in [1.54, 1.807) is 18.2 Å². The summed E-state index contributed by atoms with van der Waals surface area (Å²) in [4.78, 5) is 28.7. The van der Waals surface area contributed by atoms with Crippen LogP contribution in [0.2, 0.25) is 10.0 Å². The molecule has 0 saturated carbocycles. The van der Waals surface area contributed by atoms with Crippen molar-refractivity contribution in [3.63, 3.8) is 0 Å². The van der Waals surface area contributed by atoms with Gasteiger partial charge in [0.2, 0.25) is 5.69 Å². The number of unbranched alkanes of at least 4 members (excludes halogenated alkanes) is 4. The molecular weight excluding hydrogens is 1010 g/mol. The maximum atomic E-state index is 12.9. The van der Waals surface area contributed by atoms with Gasteiger partial charge in [-0.25, -0.2) is 0 Å². The molecule has 0 bridgehead atoms. The van der Waals surface area contributed by atoms with Gasteiger partial charge in [0.15, 0.2) is 10.8 Å². The van der Waals surface area contributed by atoms with Crippen molar-refractivity contribution in [2.24, 2.45) is 0 Å². The monoisotopic (exact) mass is 1080 g/mol. The molecule has 0 spiro atoms. The fraction of sp³-hybridized carbons (Fsp3) is 0.456. The Labute approximate surface area is 441 Å². The number of carboxylic acids is 1. The van der Waals surface area contributed by atoms with E-state index in [0.29, 0.717) is 41.8 Å². The number of anilines is 1. The molecule has 0 saturated heterocycles. The third kappa shape index (κ3) is 15.1. The fourth-order valence-corrected chi connectivity index (χ4v) is 11.3. The lowest BCUT2D eigenvalue weighted by Gasteiger charge is -2.27. The Morgan fingerprint density at radius 2 is 1.58 bits per heavy atom. The third-order valence-electron chi connectivity index (χ3n) is 13.4. The van der Waals surface area contributed by atoms with Crippen LogP contribution in [0.1, 0.15) is 122 Å². The zero-order valence-corrected chi connectivity index (χ0v) is 45.5. The number of halogens is 4. The summed E-state index contributed by atoms with van der Waals surface area (Å²) in [6.07, 6.45) is 25.4. The third-order valence-corrected chi connectivity index (χ3v) is 15.5. The summed E-state index contributed by atoms with van der Waals surface area (Å²) in [5.74, 6) is 3.43. The van der Waals surface area contributed by atoms with E-state index in [9.17, 15) is 9.59 Å².